The van der Waals surface area contributed by atoms with Gasteiger partial charge in [-0.15, -0.1) is 0 Å². The quantitative estimate of drug-likeness (QED) is 0.170. The summed E-state index contributed by atoms with van der Waals surface area (Å²) in [6.45, 7) is 10.9. The van der Waals surface area contributed by atoms with Crippen molar-refractivity contribution in [3.63, 3.8) is 0 Å². The molecule has 0 aliphatic heterocycles. The van der Waals surface area contributed by atoms with Gasteiger partial charge in [-0.1, -0.05) is 129 Å². The number of hydrogen-bond donors (Lipinski definition) is 2. The van der Waals surface area contributed by atoms with Crippen LogP contribution in [0.5, 0.6) is 11.5 Å². The minimum atomic E-state index is 0.116. The predicted molar refractivity (Wildman–Crippen MR) is 166 cm³/mol. The number of unbranched alkanes of at least 4 members (excludes halogenated alkanes) is 13. The molecule has 1 atom stereocenters. The van der Waals surface area contributed by atoms with Crippen molar-refractivity contribution in [1.29, 1.82) is 0 Å². The van der Waals surface area contributed by atoms with E-state index in [1.54, 1.807) is 0 Å². The van der Waals surface area contributed by atoms with Gasteiger partial charge in [0.15, 0.2) is 0 Å². The van der Waals surface area contributed by atoms with E-state index in [0.717, 1.165) is 48.8 Å². The third-order valence-electron chi connectivity index (χ3n) is 8.51. The average Bonchev–Trinajstić information content (AvgIpc) is 2.91. The number of benzene rings is 2. The van der Waals surface area contributed by atoms with E-state index in [9.17, 15) is 10.2 Å². The third-order valence-corrected chi connectivity index (χ3v) is 8.51. The first-order chi connectivity index (χ1) is 18.4. The molecule has 0 bridgehead atoms. The lowest BCUT2D eigenvalue weighted by Crippen LogP contribution is -2.08. The number of aromatic hydroxyl groups is 2. The van der Waals surface area contributed by atoms with E-state index in [-0.39, 0.29) is 5.92 Å². The SMILES string of the molecule is CCCCCCCCCCc1c(C(CCCCCCCCC)c2cc(C)c(CC)cc2O)ccc(C)c1O. The van der Waals surface area contributed by atoms with E-state index in [1.807, 2.05) is 13.0 Å². The summed E-state index contributed by atoms with van der Waals surface area (Å²) in [4.78, 5) is 0. The van der Waals surface area contributed by atoms with E-state index in [4.69, 9.17) is 0 Å². The Bertz CT molecular complexity index is 929. The summed E-state index contributed by atoms with van der Waals surface area (Å²) < 4.78 is 0. The maximum absolute atomic E-state index is 11.2. The van der Waals surface area contributed by atoms with Gasteiger partial charge in [0, 0.05) is 11.5 Å². The highest BCUT2D eigenvalue weighted by Gasteiger charge is 2.23. The van der Waals surface area contributed by atoms with Crippen molar-refractivity contribution in [3.8, 4) is 11.5 Å². The molecule has 38 heavy (non-hydrogen) atoms. The van der Waals surface area contributed by atoms with Crippen LogP contribution in [0.4, 0.5) is 0 Å². The molecular formula is C36H58O2. The maximum atomic E-state index is 11.2. The van der Waals surface area contributed by atoms with Gasteiger partial charge in [0.05, 0.1) is 0 Å². The van der Waals surface area contributed by atoms with Gasteiger partial charge in [-0.25, -0.2) is 0 Å². The lowest BCUT2D eigenvalue weighted by molar-refractivity contribution is 0.451. The van der Waals surface area contributed by atoms with Crippen molar-refractivity contribution >= 4 is 0 Å². The van der Waals surface area contributed by atoms with E-state index in [0.29, 0.717) is 11.5 Å². The van der Waals surface area contributed by atoms with E-state index in [2.05, 4.69) is 45.9 Å². The molecule has 214 valence electrons. The van der Waals surface area contributed by atoms with Crippen LogP contribution in [-0.2, 0) is 12.8 Å². The second-order valence-electron chi connectivity index (χ2n) is 11.7. The number of aryl methyl sites for hydroxylation is 3. The molecule has 0 heterocycles. The molecule has 2 aromatic carbocycles. The second kappa shape index (κ2) is 18.3. The molecule has 2 heteroatoms. The van der Waals surface area contributed by atoms with Crippen molar-refractivity contribution in [1.82, 2.24) is 0 Å². The Morgan fingerprint density at radius 1 is 0.605 bits per heavy atom. The maximum Gasteiger partial charge on any atom is 0.121 e. The van der Waals surface area contributed by atoms with Crippen LogP contribution in [-0.4, -0.2) is 10.2 Å². The highest BCUT2D eigenvalue weighted by Crippen LogP contribution is 2.41. The third kappa shape index (κ3) is 10.3. The van der Waals surface area contributed by atoms with Crippen LogP contribution >= 0.6 is 0 Å². The number of phenols is 2. The van der Waals surface area contributed by atoms with Crippen LogP contribution < -0.4 is 0 Å². The van der Waals surface area contributed by atoms with Crippen LogP contribution in [0, 0.1) is 13.8 Å². The molecular weight excluding hydrogens is 464 g/mol. The van der Waals surface area contributed by atoms with Gasteiger partial charge in [0.2, 0.25) is 0 Å². The summed E-state index contributed by atoms with van der Waals surface area (Å²) in [6, 6.07) is 8.51. The first-order valence-electron chi connectivity index (χ1n) is 16.1. The van der Waals surface area contributed by atoms with Gasteiger partial charge in [-0.05, 0) is 73.4 Å². The van der Waals surface area contributed by atoms with Gasteiger partial charge in [-0.2, -0.15) is 0 Å². The number of phenolic OH excluding ortho intramolecular Hbond substituents is 2. The minimum Gasteiger partial charge on any atom is -0.508 e. The smallest absolute Gasteiger partial charge is 0.121 e. The van der Waals surface area contributed by atoms with Crippen molar-refractivity contribution in [2.24, 2.45) is 0 Å². The lowest BCUT2D eigenvalue weighted by atomic mass is 9.80. The van der Waals surface area contributed by atoms with Crippen molar-refractivity contribution in [3.05, 3.63) is 57.6 Å². The fourth-order valence-electron chi connectivity index (χ4n) is 6.00. The minimum absolute atomic E-state index is 0.116. The van der Waals surface area contributed by atoms with E-state index < -0.39 is 0 Å². The van der Waals surface area contributed by atoms with Crippen LogP contribution in [0.15, 0.2) is 24.3 Å². The highest BCUT2D eigenvalue weighted by atomic mass is 16.3. The monoisotopic (exact) mass is 522 g/mol. The molecule has 2 N–H and O–H groups in total. The first kappa shape index (κ1) is 32.3. The summed E-state index contributed by atoms with van der Waals surface area (Å²) in [5.74, 6) is 1.00. The molecule has 0 fully saturated rings. The molecule has 0 aromatic heterocycles. The normalized spacial score (nSPS) is 12.2. The van der Waals surface area contributed by atoms with Crippen LogP contribution in [0.2, 0.25) is 0 Å². The van der Waals surface area contributed by atoms with Crippen LogP contribution in [0.1, 0.15) is 163 Å². The molecule has 1 unspecified atom stereocenters. The van der Waals surface area contributed by atoms with Gasteiger partial charge in [-0.3, -0.25) is 0 Å². The van der Waals surface area contributed by atoms with E-state index in [1.165, 1.54) is 100 Å². The van der Waals surface area contributed by atoms with Crippen LogP contribution in [0.3, 0.4) is 0 Å². The Hall–Kier alpha value is -1.96. The lowest BCUT2D eigenvalue weighted by Gasteiger charge is -2.25. The molecule has 2 aromatic rings. The fourth-order valence-corrected chi connectivity index (χ4v) is 6.00. The average molecular weight is 523 g/mol. The molecule has 0 amide bonds. The fraction of sp³-hybridized carbons (Fsp3) is 0.667. The van der Waals surface area contributed by atoms with Crippen molar-refractivity contribution < 1.29 is 10.2 Å². The Morgan fingerprint density at radius 3 is 1.74 bits per heavy atom. The summed E-state index contributed by atoms with van der Waals surface area (Å²) in [5.41, 5.74) is 6.80. The van der Waals surface area contributed by atoms with E-state index >= 15 is 0 Å². The zero-order valence-corrected chi connectivity index (χ0v) is 25.5. The topological polar surface area (TPSA) is 40.5 Å². The van der Waals surface area contributed by atoms with Gasteiger partial charge in [0.1, 0.15) is 11.5 Å². The Kier molecular flexibility index (Phi) is 15.6. The van der Waals surface area contributed by atoms with Gasteiger partial charge >= 0.3 is 0 Å². The molecule has 0 saturated heterocycles. The summed E-state index contributed by atoms with van der Waals surface area (Å²) in [7, 11) is 0. The number of hydrogen-bond acceptors (Lipinski definition) is 2. The molecule has 0 aliphatic carbocycles. The van der Waals surface area contributed by atoms with Crippen LogP contribution in [0.25, 0.3) is 0 Å². The standard InChI is InChI=1S/C36H58O2/c1-6-9-11-13-15-17-19-21-23-33-32(25-24-28(4)36(33)38)31(22-20-18-16-14-12-10-7-2)34-26-29(5)30(8-3)27-35(34)37/h24-27,31,37-38H,6-23H2,1-5H3. The molecule has 0 radical (unpaired) electrons. The second-order valence-corrected chi connectivity index (χ2v) is 11.7. The molecule has 2 nitrogen and oxygen atoms in total. The van der Waals surface area contributed by atoms with Gasteiger partial charge < -0.3 is 10.2 Å². The molecule has 2 rings (SSSR count). The Morgan fingerprint density at radius 2 is 1.16 bits per heavy atom. The largest absolute Gasteiger partial charge is 0.508 e. The van der Waals surface area contributed by atoms with Gasteiger partial charge in [0.25, 0.3) is 0 Å². The molecule has 0 aliphatic rings. The molecule has 0 saturated carbocycles. The zero-order chi connectivity index (χ0) is 27.8. The predicted octanol–water partition coefficient (Wildman–Crippen LogP) is 11.2. The summed E-state index contributed by atoms with van der Waals surface area (Å²) in [5, 5.41) is 22.4. The first-order valence-corrected chi connectivity index (χ1v) is 16.1. The Labute approximate surface area is 235 Å². The zero-order valence-electron chi connectivity index (χ0n) is 25.5. The molecule has 0 spiro atoms. The summed E-state index contributed by atoms with van der Waals surface area (Å²) >= 11 is 0. The summed E-state index contributed by atoms with van der Waals surface area (Å²) in [6.07, 6.45) is 22.1. The Balaban J connectivity index is 2.23. The number of rotatable bonds is 20. The highest BCUT2D eigenvalue weighted by molar-refractivity contribution is 5.53. The van der Waals surface area contributed by atoms with Crippen molar-refractivity contribution in [2.45, 2.75) is 156 Å². The van der Waals surface area contributed by atoms with Crippen molar-refractivity contribution in [2.75, 3.05) is 0 Å².